The van der Waals surface area contributed by atoms with Crippen molar-refractivity contribution < 1.29 is 19.4 Å². The fourth-order valence-electron chi connectivity index (χ4n) is 6.95. The average molecular weight is 691 g/mol. The van der Waals surface area contributed by atoms with Crippen LogP contribution in [-0.4, -0.2) is 23.1 Å². The molecule has 0 radical (unpaired) electrons. The van der Waals surface area contributed by atoms with Crippen molar-refractivity contribution in [1.82, 2.24) is 0 Å². The van der Waals surface area contributed by atoms with Crippen LogP contribution in [0.3, 0.4) is 0 Å². The summed E-state index contributed by atoms with van der Waals surface area (Å²) in [5, 5.41) is 8.84. The van der Waals surface area contributed by atoms with Gasteiger partial charge in [0.2, 0.25) is 0 Å². The average Bonchev–Trinajstić information content (AvgIpc) is 3.09. The SMILES string of the molecule is CCCCCCCCC/C=C\CCCCCCCC(=O)OC(CCCCCCCCCCCCCCCCC)CCCCCCCC(=O)O. The number of rotatable bonds is 41. The maximum absolute atomic E-state index is 12.7. The third kappa shape index (κ3) is 41.0. The summed E-state index contributed by atoms with van der Waals surface area (Å²) < 4.78 is 6.03. The Bertz CT molecular complexity index is 702. The molecule has 0 saturated carbocycles. The first kappa shape index (κ1) is 47.7. The largest absolute Gasteiger partial charge is 0.481 e. The Morgan fingerprint density at radius 2 is 0.735 bits per heavy atom. The van der Waals surface area contributed by atoms with E-state index < -0.39 is 5.97 Å². The number of allylic oxidation sites excluding steroid dienone is 2. The van der Waals surface area contributed by atoms with Crippen molar-refractivity contribution in [3.63, 3.8) is 0 Å². The third-order valence-corrected chi connectivity index (χ3v) is 10.2. The van der Waals surface area contributed by atoms with Gasteiger partial charge in [0, 0.05) is 12.8 Å². The third-order valence-electron chi connectivity index (χ3n) is 10.2. The molecular weight excluding hydrogens is 604 g/mol. The molecule has 49 heavy (non-hydrogen) atoms. The van der Waals surface area contributed by atoms with Crippen LogP contribution in [0, 0.1) is 0 Å². The number of carbonyl (C=O) groups is 2. The molecule has 1 atom stereocenters. The molecule has 1 N–H and O–H groups in total. The highest BCUT2D eigenvalue weighted by Gasteiger charge is 2.14. The van der Waals surface area contributed by atoms with Crippen molar-refractivity contribution in [2.75, 3.05) is 0 Å². The first-order valence-electron chi connectivity index (χ1n) is 22.2. The summed E-state index contributed by atoms with van der Waals surface area (Å²) in [6.07, 6.45) is 51.0. The Kier molecular flexibility index (Phi) is 40.0. The van der Waals surface area contributed by atoms with E-state index in [0.29, 0.717) is 6.42 Å². The summed E-state index contributed by atoms with van der Waals surface area (Å²) >= 11 is 0. The Hall–Kier alpha value is -1.32. The number of carbonyl (C=O) groups excluding carboxylic acids is 1. The van der Waals surface area contributed by atoms with Crippen molar-refractivity contribution in [1.29, 1.82) is 0 Å². The van der Waals surface area contributed by atoms with Gasteiger partial charge in [0.1, 0.15) is 6.10 Å². The second kappa shape index (κ2) is 41.1. The molecule has 0 amide bonds. The van der Waals surface area contributed by atoms with E-state index in [2.05, 4.69) is 26.0 Å². The monoisotopic (exact) mass is 691 g/mol. The van der Waals surface area contributed by atoms with Crippen molar-refractivity contribution in [3.8, 4) is 0 Å². The van der Waals surface area contributed by atoms with Gasteiger partial charge in [-0.3, -0.25) is 9.59 Å². The molecule has 1 unspecified atom stereocenters. The van der Waals surface area contributed by atoms with Crippen molar-refractivity contribution in [2.45, 2.75) is 264 Å². The fourth-order valence-corrected chi connectivity index (χ4v) is 6.95. The van der Waals surface area contributed by atoms with E-state index >= 15 is 0 Å². The molecular formula is C45H86O4. The predicted octanol–water partition coefficient (Wildman–Crippen LogP) is 15.4. The molecule has 0 heterocycles. The van der Waals surface area contributed by atoms with Gasteiger partial charge in [-0.2, -0.15) is 0 Å². The summed E-state index contributed by atoms with van der Waals surface area (Å²) in [7, 11) is 0. The molecule has 0 aromatic carbocycles. The zero-order valence-corrected chi connectivity index (χ0v) is 33.3. The van der Waals surface area contributed by atoms with Crippen molar-refractivity contribution >= 4 is 11.9 Å². The van der Waals surface area contributed by atoms with Gasteiger partial charge in [-0.25, -0.2) is 0 Å². The van der Waals surface area contributed by atoms with Crippen LogP contribution in [0.2, 0.25) is 0 Å². The molecule has 290 valence electrons. The van der Waals surface area contributed by atoms with Crippen LogP contribution >= 0.6 is 0 Å². The van der Waals surface area contributed by atoms with Crippen LogP contribution in [0.1, 0.15) is 258 Å². The minimum atomic E-state index is -0.697. The number of hydrogen-bond donors (Lipinski definition) is 1. The van der Waals surface area contributed by atoms with E-state index in [1.807, 2.05) is 0 Å². The second-order valence-corrected chi connectivity index (χ2v) is 15.2. The number of carboxylic acids is 1. The Labute approximate surface area is 306 Å². The molecule has 0 bridgehead atoms. The highest BCUT2D eigenvalue weighted by molar-refractivity contribution is 5.69. The smallest absolute Gasteiger partial charge is 0.306 e. The van der Waals surface area contributed by atoms with Gasteiger partial charge in [-0.1, -0.05) is 193 Å². The Morgan fingerprint density at radius 1 is 0.429 bits per heavy atom. The maximum Gasteiger partial charge on any atom is 0.306 e. The predicted molar refractivity (Wildman–Crippen MR) is 213 cm³/mol. The lowest BCUT2D eigenvalue weighted by molar-refractivity contribution is -0.150. The lowest BCUT2D eigenvalue weighted by Crippen LogP contribution is -2.18. The quantitative estimate of drug-likeness (QED) is 0.0394. The van der Waals surface area contributed by atoms with E-state index in [4.69, 9.17) is 9.84 Å². The van der Waals surface area contributed by atoms with E-state index in [-0.39, 0.29) is 18.5 Å². The number of esters is 1. The van der Waals surface area contributed by atoms with Gasteiger partial charge >= 0.3 is 11.9 Å². The van der Waals surface area contributed by atoms with Crippen LogP contribution in [0.5, 0.6) is 0 Å². The lowest BCUT2D eigenvalue weighted by atomic mass is 10.0. The number of carboxylic acid groups (broad SMARTS) is 1. The Morgan fingerprint density at radius 3 is 1.10 bits per heavy atom. The Balaban J connectivity index is 3.99. The zero-order chi connectivity index (χ0) is 35.7. The summed E-state index contributed by atoms with van der Waals surface area (Å²) in [4.78, 5) is 23.5. The molecule has 4 nitrogen and oxygen atoms in total. The molecule has 4 heteroatoms. The fraction of sp³-hybridized carbons (Fsp3) is 0.911. The van der Waals surface area contributed by atoms with Crippen LogP contribution in [-0.2, 0) is 14.3 Å². The summed E-state index contributed by atoms with van der Waals surface area (Å²) in [5.74, 6) is -0.697. The summed E-state index contributed by atoms with van der Waals surface area (Å²) in [6.45, 7) is 4.57. The normalized spacial score (nSPS) is 12.2. The van der Waals surface area contributed by atoms with Gasteiger partial charge in [0.05, 0.1) is 0 Å². The van der Waals surface area contributed by atoms with E-state index in [0.717, 1.165) is 64.2 Å². The molecule has 0 spiro atoms. The number of ether oxygens (including phenoxy) is 1. The zero-order valence-electron chi connectivity index (χ0n) is 33.3. The highest BCUT2D eigenvalue weighted by Crippen LogP contribution is 2.19. The van der Waals surface area contributed by atoms with Gasteiger partial charge < -0.3 is 9.84 Å². The van der Waals surface area contributed by atoms with Crippen LogP contribution in [0.4, 0.5) is 0 Å². The molecule has 0 aliphatic heterocycles. The summed E-state index contributed by atoms with van der Waals surface area (Å²) in [6, 6.07) is 0. The van der Waals surface area contributed by atoms with Crippen molar-refractivity contribution in [3.05, 3.63) is 12.2 Å². The highest BCUT2D eigenvalue weighted by atomic mass is 16.5. The summed E-state index contributed by atoms with van der Waals surface area (Å²) in [5.41, 5.74) is 0. The number of hydrogen-bond acceptors (Lipinski definition) is 3. The number of aliphatic carboxylic acids is 1. The lowest BCUT2D eigenvalue weighted by Gasteiger charge is -2.18. The van der Waals surface area contributed by atoms with Gasteiger partial charge in [-0.15, -0.1) is 0 Å². The van der Waals surface area contributed by atoms with E-state index in [9.17, 15) is 9.59 Å². The molecule has 0 saturated heterocycles. The number of unbranched alkanes of at least 4 members (excludes halogenated alkanes) is 30. The van der Waals surface area contributed by atoms with E-state index in [1.165, 1.54) is 167 Å². The van der Waals surface area contributed by atoms with E-state index in [1.54, 1.807) is 0 Å². The van der Waals surface area contributed by atoms with Gasteiger partial charge in [0.15, 0.2) is 0 Å². The minimum absolute atomic E-state index is 0.000662. The van der Waals surface area contributed by atoms with Crippen LogP contribution in [0.25, 0.3) is 0 Å². The maximum atomic E-state index is 12.7. The first-order valence-corrected chi connectivity index (χ1v) is 22.2. The molecule has 0 aliphatic carbocycles. The first-order chi connectivity index (χ1) is 24.1. The van der Waals surface area contributed by atoms with Crippen LogP contribution in [0.15, 0.2) is 12.2 Å². The van der Waals surface area contributed by atoms with Crippen LogP contribution < -0.4 is 0 Å². The minimum Gasteiger partial charge on any atom is -0.481 e. The van der Waals surface area contributed by atoms with Gasteiger partial charge in [-0.05, 0) is 64.2 Å². The molecule has 0 aromatic rings. The molecule has 0 aromatic heterocycles. The standard InChI is InChI=1S/C45H86O4/c1-3-5-7-9-11-13-15-17-19-21-23-25-27-29-34-38-42-45(48)49-43(40-36-32-30-33-37-41-44(46)47)39-35-31-28-26-24-22-20-18-16-14-12-10-8-6-4-2/h19,21,43H,3-18,20,22-42H2,1-2H3,(H,46,47)/b21-19-. The molecule has 0 rings (SSSR count). The van der Waals surface area contributed by atoms with Crippen molar-refractivity contribution in [2.24, 2.45) is 0 Å². The molecule has 0 aliphatic rings. The second-order valence-electron chi connectivity index (χ2n) is 15.2. The topological polar surface area (TPSA) is 63.6 Å². The van der Waals surface area contributed by atoms with Gasteiger partial charge in [0.25, 0.3) is 0 Å². The molecule has 0 fully saturated rings.